The number of nitrogens with one attached hydrogen (secondary N) is 1. The van der Waals surface area contributed by atoms with Crippen LogP contribution in [-0.2, 0) is 13.1 Å². The summed E-state index contributed by atoms with van der Waals surface area (Å²) in [6.45, 7) is 1.37. The van der Waals surface area contributed by atoms with E-state index in [4.69, 9.17) is 0 Å². The van der Waals surface area contributed by atoms with Gasteiger partial charge in [0.25, 0.3) is 5.69 Å². The smallest absolute Gasteiger partial charge is 0.269 e. The van der Waals surface area contributed by atoms with Crippen molar-refractivity contribution in [3.05, 3.63) is 73.3 Å². The average Bonchev–Trinajstić information content (AvgIpc) is 2.42. The summed E-state index contributed by atoms with van der Waals surface area (Å²) in [7, 11) is 0. The van der Waals surface area contributed by atoms with Crippen molar-refractivity contribution in [2.24, 2.45) is 0 Å². The predicted octanol–water partition coefficient (Wildman–Crippen LogP) is 3.91. The second-order valence-electron chi connectivity index (χ2n) is 4.12. The van der Waals surface area contributed by atoms with Crippen molar-refractivity contribution in [2.75, 3.05) is 0 Å². The van der Waals surface area contributed by atoms with E-state index in [1.54, 1.807) is 12.1 Å². The molecular weight excluding hydrogens is 391 g/mol. The van der Waals surface area contributed by atoms with Crippen LogP contribution in [0.5, 0.6) is 0 Å². The van der Waals surface area contributed by atoms with Gasteiger partial charge in [0.1, 0.15) is 0 Å². The molecule has 0 bridgehead atoms. The third-order valence-electron chi connectivity index (χ3n) is 2.73. The van der Waals surface area contributed by atoms with E-state index in [0.717, 1.165) is 15.7 Å². The van der Waals surface area contributed by atoms with E-state index in [-0.39, 0.29) is 23.0 Å². The first-order chi connectivity index (χ1) is 9.16. The van der Waals surface area contributed by atoms with Crippen molar-refractivity contribution in [1.82, 2.24) is 5.32 Å². The van der Waals surface area contributed by atoms with E-state index in [2.05, 4.69) is 27.9 Å². The minimum absolute atomic E-state index is 0. The topological polar surface area (TPSA) is 55.2 Å². The van der Waals surface area contributed by atoms with Crippen molar-refractivity contribution in [3.63, 3.8) is 0 Å². The van der Waals surface area contributed by atoms with Gasteiger partial charge >= 0.3 is 0 Å². The molecule has 4 nitrogen and oxygen atoms in total. The molecule has 106 valence electrons. The summed E-state index contributed by atoms with van der Waals surface area (Å²) in [4.78, 5) is 10.4. The standard InChI is InChI=1S/C14H13IN2O2.ClH/c15-14-7-6-13(17(18)19)8-12(14)10-16-9-11-4-2-1-3-5-11;/h1-8,16H,9-10H2;1H. The zero-order valence-electron chi connectivity index (χ0n) is 10.6. The molecule has 0 aliphatic heterocycles. The van der Waals surface area contributed by atoms with Crippen molar-refractivity contribution >= 4 is 40.7 Å². The molecule has 2 rings (SSSR count). The van der Waals surface area contributed by atoms with E-state index < -0.39 is 0 Å². The lowest BCUT2D eigenvalue weighted by molar-refractivity contribution is -0.384. The van der Waals surface area contributed by atoms with E-state index in [1.807, 2.05) is 30.3 Å². The fourth-order valence-corrected chi connectivity index (χ4v) is 2.27. The van der Waals surface area contributed by atoms with E-state index in [1.165, 1.54) is 11.6 Å². The van der Waals surface area contributed by atoms with Crippen LogP contribution in [0.4, 0.5) is 5.69 Å². The van der Waals surface area contributed by atoms with Crippen LogP contribution in [0.3, 0.4) is 0 Å². The largest absolute Gasteiger partial charge is 0.309 e. The molecule has 0 saturated carbocycles. The summed E-state index contributed by atoms with van der Waals surface area (Å²) in [6.07, 6.45) is 0. The number of hydrogen-bond donors (Lipinski definition) is 1. The Kier molecular flexibility index (Phi) is 6.90. The highest BCUT2D eigenvalue weighted by Crippen LogP contribution is 2.19. The van der Waals surface area contributed by atoms with Crippen LogP contribution in [-0.4, -0.2) is 4.92 Å². The van der Waals surface area contributed by atoms with Gasteiger partial charge in [-0.1, -0.05) is 30.3 Å². The lowest BCUT2D eigenvalue weighted by Crippen LogP contribution is -2.13. The Balaban J connectivity index is 0.00000200. The molecule has 0 atom stereocenters. The molecule has 0 radical (unpaired) electrons. The molecule has 2 aromatic rings. The number of nitro benzene ring substituents is 1. The molecule has 0 spiro atoms. The van der Waals surface area contributed by atoms with Crippen molar-refractivity contribution < 1.29 is 4.92 Å². The van der Waals surface area contributed by atoms with Crippen molar-refractivity contribution in [1.29, 1.82) is 0 Å². The molecule has 0 aliphatic rings. The van der Waals surface area contributed by atoms with Crippen LogP contribution in [0.2, 0.25) is 0 Å². The molecular formula is C14H14ClIN2O2. The molecule has 20 heavy (non-hydrogen) atoms. The molecule has 0 saturated heterocycles. The summed E-state index contributed by atoms with van der Waals surface area (Å²) in [5.74, 6) is 0. The number of hydrogen-bond acceptors (Lipinski definition) is 3. The number of halogens is 2. The first-order valence-corrected chi connectivity index (χ1v) is 6.92. The van der Waals surface area contributed by atoms with E-state index in [9.17, 15) is 10.1 Å². The molecule has 2 aromatic carbocycles. The molecule has 0 heterocycles. The van der Waals surface area contributed by atoms with Gasteiger partial charge in [-0.05, 0) is 39.8 Å². The van der Waals surface area contributed by atoms with E-state index >= 15 is 0 Å². The lowest BCUT2D eigenvalue weighted by atomic mass is 10.2. The highest BCUT2D eigenvalue weighted by Gasteiger charge is 2.08. The second-order valence-corrected chi connectivity index (χ2v) is 5.28. The summed E-state index contributed by atoms with van der Waals surface area (Å²) in [5.41, 5.74) is 2.28. The Morgan fingerprint density at radius 3 is 2.45 bits per heavy atom. The number of nitro groups is 1. The Labute approximate surface area is 137 Å². The fraction of sp³-hybridized carbons (Fsp3) is 0.143. The Morgan fingerprint density at radius 1 is 1.10 bits per heavy atom. The Hall–Kier alpha value is -1.18. The third kappa shape index (κ3) is 4.73. The van der Waals surface area contributed by atoms with Crippen LogP contribution in [0.15, 0.2) is 48.5 Å². The van der Waals surface area contributed by atoms with E-state index in [0.29, 0.717) is 6.54 Å². The molecule has 0 unspecified atom stereocenters. The highest BCUT2D eigenvalue weighted by atomic mass is 127. The molecule has 1 N–H and O–H groups in total. The maximum atomic E-state index is 10.7. The summed E-state index contributed by atoms with van der Waals surface area (Å²) >= 11 is 2.19. The minimum atomic E-state index is -0.364. The monoisotopic (exact) mass is 404 g/mol. The van der Waals surface area contributed by atoms with Crippen LogP contribution in [0.25, 0.3) is 0 Å². The maximum Gasteiger partial charge on any atom is 0.269 e. The van der Waals surface area contributed by atoms with Gasteiger partial charge in [-0.2, -0.15) is 0 Å². The average molecular weight is 405 g/mol. The van der Waals surface area contributed by atoms with Crippen LogP contribution in [0, 0.1) is 13.7 Å². The van der Waals surface area contributed by atoms with Gasteiger partial charge in [0.05, 0.1) is 4.92 Å². The molecule has 0 amide bonds. The predicted molar refractivity (Wildman–Crippen MR) is 90.0 cm³/mol. The number of rotatable bonds is 5. The van der Waals surface area contributed by atoms with Gasteiger partial charge in [-0.15, -0.1) is 12.4 Å². The van der Waals surface area contributed by atoms with Gasteiger partial charge in [-0.25, -0.2) is 0 Å². The summed E-state index contributed by atoms with van der Waals surface area (Å²) < 4.78 is 1.03. The zero-order valence-corrected chi connectivity index (χ0v) is 13.6. The Bertz CT molecular complexity index is 579. The van der Waals surface area contributed by atoms with Gasteiger partial charge in [0, 0.05) is 28.8 Å². The minimum Gasteiger partial charge on any atom is -0.309 e. The number of nitrogens with zero attached hydrogens (tertiary/aromatic N) is 1. The van der Waals surface area contributed by atoms with Gasteiger partial charge in [0.15, 0.2) is 0 Å². The van der Waals surface area contributed by atoms with Crippen LogP contribution < -0.4 is 5.32 Å². The fourth-order valence-electron chi connectivity index (χ4n) is 1.75. The van der Waals surface area contributed by atoms with Crippen molar-refractivity contribution in [3.8, 4) is 0 Å². The van der Waals surface area contributed by atoms with Crippen LogP contribution in [0.1, 0.15) is 11.1 Å². The maximum absolute atomic E-state index is 10.7. The summed E-state index contributed by atoms with van der Waals surface area (Å²) in [5, 5.41) is 14.0. The van der Waals surface area contributed by atoms with Gasteiger partial charge < -0.3 is 5.32 Å². The quantitative estimate of drug-likeness (QED) is 0.467. The first-order valence-electron chi connectivity index (χ1n) is 5.84. The van der Waals surface area contributed by atoms with Crippen LogP contribution >= 0.6 is 35.0 Å². The third-order valence-corrected chi connectivity index (χ3v) is 3.78. The number of non-ortho nitro benzene ring substituents is 1. The normalized spacial score (nSPS) is 9.85. The van der Waals surface area contributed by atoms with Crippen molar-refractivity contribution in [2.45, 2.75) is 13.1 Å². The summed E-state index contributed by atoms with van der Waals surface area (Å²) in [6, 6.07) is 15.0. The molecule has 0 fully saturated rings. The molecule has 6 heteroatoms. The first kappa shape index (κ1) is 16.9. The lowest BCUT2D eigenvalue weighted by Gasteiger charge is -2.07. The highest BCUT2D eigenvalue weighted by molar-refractivity contribution is 14.1. The second kappa shape index (κ2) is 8.18. The van der Waals surface area contributed by atoms with Gasteiger partial charge in [-0.3, -0.25) is 10.1 Å². The Morgan fingerprint density at radius 2 is 1.80 bits per heavy atom. The SMILES string of the molecule is Cl.O=[N+]([O-])c1ccc(I)c(CNCc2ccccc2)c1. The van der Waals surface area contributed by atoms with Gasteiger partial charge in [0.2, 0.25) is 0 Å². The number of benzene rings is 2. The molecule has 0 aromatic heterocycles. The molecule has 0 aliphatic carbocycles. The zero-order chi connectivity index (χ0) is 13.7.